The van der Waals surface area contributed by atoms with E-state index in [0.29, 0.717) is 12.2 Å². The van der Waals surface area contributed by atoms with E-state index in [2.05, 4.69) is 10.6 Å². The number of anilines is 1. The molecule has 0 aliphatic carbocycles. The van der Waals surface area contributed by atoms with Gasteiger partial charge < -0.3 is 15.7 Å². The van der Waals surface area contributed by atoms with Crippen molar-refractivity contribution in [3.8, 4) is 0 Å². The normalized spacial score (nSPS) is 11.9. The summed E-state index contributed by atoms with van der Waals surface area (Å²) in [5.41, 5.74) is 2.80. The molecule has 104 valence electrons. The molecule has 1 aromatic carbocycles. The number of rotatable bonds is 6. The molecule has 0 aliphatic rings. The highest BCUT2D eigenvalue weighted by molar-refractivity contribution is 5.94. The second kappa shape index (κ2) is 6.89. The molecule has 0 fully saturated rings. The Labute approximate surface area is 113 Å². The number of carbonyl (C=O) groups excluding carboxylic acids is 1. The number of amides is 1. The second-order valence-electron chi connectivity index (χ2n) is 4.58. The number of aliphatic carboxylic acids is 1. The lowest BCUT2D eigenvalue weighted by Gasteiger charge is -2.13. The van der Waals surface area contributed by atoms with Crippen molar-refractivity contribution in [2.75, 3.05) is 11.9 Å². The van der Waals surface area contributed by atoms with Crippen molar-refractivity contribution < 1.29 is 14.7 Å². The maximum absolute atomic E-state index is 11.8. The van der Waals surface area contributed by atoms with E-state index in [1.807, 2.05) is 32.0 Å². The largest absolute Gasteiger partial charge is 0.480 e. The van der Waals surface area contributed by atoms with Crippen molar-refractivity contribution in [1.82, 2.24) is 5.32 Å². The number of hydrogen-bond acceptors (Lipinski definition) is 3. The molecule has 3 N–H and O–H groups in total. The molecular weight excluding hydrogens is 244 g/mol. The summed E-state index contributed by atoms with van der Waals surface area (Å²) in [7, 11) is 0. The monoisotopic (exact) mass is 264 g/mol. The fraction of sp³-hybridized carbons (Fsp3) is 0.429. The van der Waals surface area contributed by atoms with Crippen LogP contribution in [-0.2, 0) is 9.59 Å². The summed E-state index contributed by atoms with van der Waals surface area (Å²) >= 11 is 0. The Morgan fingerprint density at radius 3 is 2.26 bits per heavy atom. The molecule has 1 rings (SSSR count). The quantitative estimate of drug-likeness (QED) is 0.730. The highest BCUT2D eigenvalue weighted by atomic mass is 16.4. The maximum Gasteiger partial charge on any atom is 0.321 e. The van der Waals surface area contributed by atoms with Gasteiger partial charge in [0.05, 0.1) is 6.42 Å². The summed E-state index contributed by atoms with van der Waals surface area (Å²) in [4.78, 5) is 22.8. The van der Waals surface area contributed by atoms with Crippen molar-refractivity contribution in [3.05, 3.63) is 29.3 Å². The first-order chi connectivity index (χ1) is 8.92. The zero-order valence-corrected chi connectivity index (χ0v) is 11.5. The van der Waals surface area contributed by atoms with E-state index < -0.39 is 12.0 Å². The molecule has 0 aliphatic heterocycles. The lowest BCUT2D eigenvalue weighted by molar-refractivity contribution is -0.141. The van der Waals surface area contributed by atoms with Gasteiger partial charge in [-0.05, 0) is 43.7 Å². The SMILES string of the molecule is CCNC(CC(=O)Nc1cc(C)cc(C)c1)C(=O)O. The zero-order chi connectivity index (χ0) is 14.4. The van der Waals surface area contributed by atoms with Crippen LogP contribution in [0.25, 0.3) is 0 Å². The van der Waals surface area contributed by atoms with Crippen molar-refractivity contribution in [1.29, 1.82) is 0 Å². The van der Waals surface area contributed by atoms with E-state index in [-0.39, 0.29) is 12.3 Å². The summed E-state index contributed by atoms with van der Waals surface area (Å²) in [6.45, 7) is 6.20. The fourth-order valence-electron chi connectivity index (χ4n) is 1.94. The molecule has 0 radical (unpaired) electrons. The van der Waals surface area contributed by atoms with Crippen molar-refractivity contribution >= 4 is 17.6 Å². The molecule has 19 heavy (non-hydrogen) atoms. The van der Waals surface area contributed by atoms with Crippen molar-refractivity contribution in [2.45, 2.75) is 33.2 Å². The first-order valence-corrected chi connectivity index (χ1v) is 6.26. The van der Waals surface area contributed by atoms with E-state index in [1.54, 1.807) is 6.92 Å². The predicted molar refractivity (Wildman–Crippen MR) is 74.3 cm³/mol. The number of nitrogens with one attached hydrogen (secondary N) is 2. The lowest BCUT2D eigenvalue weighted by atomic mass is 10.1. The maximum atomic E-state index is 11.8. The minimum atomic E-state index is -1.02. The Kier molecular flexibility index (Phi) is 5.51. The topological polar surface area (TPSA) is 78.4 Å². The van der Waals surface area contributed by atoms with Crippen LogP contribution in [0.2, 0.25) is 0 Å². The molecule has 0 saturated heterocycles. The third-order valence-corrected chi connectivity index (χ3v) is 2.64. The molecule has 0 spiro atoms. The van der Waals surface area contributed by atoms with Gasteiger partial charge in [0.15, 0.2) is 0 Å². The van der Waals surface area contributed by atoms with Crippen LogP contribution in [0.15, 0.2) is 18.2 Å². The smallest absolute Gasteiger partial charge is 0.321 e. The van der Waals surface area contributed by atoms with Crippen LogP contribution < -0.4 is 10.6 Å². The number of carboxylic acid groups (broad SMARTS) is 1. The predicted octanol–water partition coefficient (Wildman–Crippen LogP) is 1.69. The highest BCUT2D eigenvalue weighted by Crippen LogP contribution is 2.14. The summed E-state index contributed by atoms with van der Waals surface area (Å²) in [6.07, 6.45) is -0.0871. The number of aryl methyl sites for hydroxylation is 2. The van der Waals surface area contributed by atoms with Gasteiger partial charge in [0.2, 0.25) is 5.91 Å². The van der Waals surface area contributed by atoms with Gasteiger partial charge in [0.25, 0.3) is 0 Å². The summed E-state index contributed by atoms with van der Waals surface area (Å²) in [5.74, 6) is -1.32. The molecule has 0 saturated carbocycles. The van der Waals surface area contributed by atoms with Crippen LogP contribution in [0.5, 0.6) is 0 Å². The molecule has 1 aromatic rings. The Morgan fingerprint density at radius 2 is 1.79 bits per heavy atom. The van der Waals surface area contributed by atoms with Gasteiger partial charge in [-0.1, -0.05) is 13.0 Å². The number of likely N-dealkylation sites (N-methyl/N-ethyl adjacent to an activating group) is 1. The van der Waals surface area contributed by atoms with Crippen LogP contribution in [0, 0.1) is 13.8 Å². The fourth-order valence-corrected chi connectivity index (χ4v) is 1.94. The molecule has 1 unspecified atom stereocenters. The van der Waals surface area contributed by atoms with E-state index in [4.69, 9.17) is 5.11 Å². The van der Waals surface area contributed by atoms with Gasteiger partial charge in [-0.25, -0.2) is 0 Å². The summed E-state index contributed by atoms with van der Waals surface area (Å²) in [5, 5.41) is 14.5. The molecule has 5 heteroatoms. The molecule has 1 amide bonds. The van der Waals surface area contributed by atoms with Crippen LogP contribution in [0.4, 0.5) is 5.69 Å². The molecule has 0 bridgehead atoms. The van der Waals surface area contributed by atoms with Crippen LogP contribution in [0.3, 0.4) is 0 Å². The summed E-state index contributed by atoms with van der Waals surface area (Å²) < 4.78 is 0. The van der Waals surface area contributed by atoms with Crippen molar-refractivity contribution in [2.24, 2.45) is 0 Å². The van der Waals surface area contributed by atoms with E-state index in [9.17, 15) is 9.59 Å². The third kappa shape index (κ3) is 5.09. The van der Waals surface area contributed by atoms with Gasteiger partial charge >= 0.3 is 5.97 Å². The van der Waals surface area contributed by atoms with E-state index in [1.165, 1.54) is 0 Å². The highest BCUT2D eigenvalue weighted by Gasteiger charge is 2.19. The Morgan fingerprint density at radius 1 is 1.21 bits per heavy atom. The third-order valence-electron chi connectivity index (χ3n) is 2.64. The molecular formula is C14H20N2O3. The first-order valence-electron chi connectivity index (χ1n) is 6.26. The van der Waals surface area contributed by atoms with Gasteiger partial charge in [-0.3, -0.25) is 9.59 Å². The number of benzene rings is 1. The average molecular weight is 264 g/mol. The van der Waals surface area contributed by atoms with E-state index >= 15 is 0 Å². The number of hydrogen-bond donors (Lipinski definition) is 3. The van der Waals surface area contributed by atoms with Gasteiger partial charge in [-0.2, -0.15) is 0 Å². The van der Waals surface area contributed by atoms with Crippen LogP contribution in [-0.4, -0.2) is 29.6 Å². The van der Waals surface area contributed by atoms with Crippen LogP contribution >= 0.6 is 0 Å². The molecule has 1 atom stereocenters. The van der Waals surface area contributed by atoms with E-state index in [0.717, 1.165) is 11.1 Å². The number of carboxylic acids is 1. The van der Waals surface area contributed by atoms with Crippen molar-refractivity contribution in [3.63, 3.8) is 0 Å². The van der Waals surface area contributed by atoms with Gasteiger partial charge in [-0.15, -0.1) is 0 Å². The number of carbonyl (C=O) groups is 2. The first kappa shape index (κ1) is 15.2. The zero-order valence-electron chi connectivity index (χ0n) is 11.5. The van der Waals surface area contributed by atoms with Gasteiger partial charge in [0, 0.05) is 5.69 Å². The minimum absolute atomic E-state index is 0.0871. The molecule has 0 heterocycles. The Bertz CT molecular complexity index is 452. The second-order valence-corrected chi connectivity index (χ2v) is 4.58. The lowest BCUT2D eigenvalue weighted by Crippen LogP contribution is -2.39. The van der Waals surface area contributed by atoms with Gasteiger partial charge in [0.1, 0.15) is 6.04 Å². The standard InChI is InChI=1S/C14H20N2O3/c1-4-15-12(14(18)19)8-13(17)16-11-6-9(2)5-10(3)7-11/h5-7,12,15H,4,8H2,1-3H3,(H,16,17)(H,18,19). The summed E-state index contributed by atoms with van der Waals surface area (Å²) in [6, 6.07) is 4.87. The molecule has 0 aromatic heterocycles. The Balaban J connectivity index is 2.66. The minimum Gasteiger partial charge on any atom is -0.480 e. The Hall–Kier alpha value is -1.88. The molecule has 5 nitrogen and oxygen atoms in total. The van der Waals surface area contributed by atoms with Crippen LogP contribution in [0.1, 0.15) is 24.5 Å². The average Bonchev–Trinajstić information content (AvgIpc) is 2.26.